The predicted molar refractivity (Wildman–Crippen MR) is 123 cm³/mol. The number of rotatable bonds is 5. The standard InChI is InChI=1S/C23H23N5O2S/c1-14-19(15(2)28(26-14)13-16-7-5-4-6-8-16)12-24-21(29)17-9-10-18-20(11-17)25-23(31)27(3)22(18)30/h4-11H,12-13H2,1-3H3,(H,24,29)(H,25,31). The van der Waals surface area contributed by atoms with Crippen LogP contribution in [0.1, 0.15) is 32.9 Å². The topological polar surface area (TPSA) is 84.7 Å². The summed E-state index contributed by atoms with van der Waals surface area (Å²) in [5, 5.41) is 8.09. The van der Waals surface area contributed by atoms with Crippen LogP contribution in [0.2, 0.25) is 0 Å². The minimum atomic E-state index is -0.225. The van der Waals surface area contributed by atoms with E-state index in [1.54, 1.807) is 25.2 Å². The quantitative estimate of drug-likeness (QED) is 0.473. The summed E-state index contributed by atoms with van der Waals surface area (Å²) in [6.45, 7) is 5.01. The molecule has 2 aromatic carbocycles. The molecule has 2 heterocycles. The Morgan fingerprint density at radius 1 is 1.16 bits per heavy atom. The molecule has 0 saturated carbocycles. The molecular weight excluding hydrogens is 410 g/mol. The second-order valence-electron chi connectivity index (χ2n) is 7.53. The van der Waals surface area contributed by atoms with Crippen LogP contribution < -0.4 is 10.9 Å². The van der Waals surface area contributed by atoms with E-state index in [0.29, 0.717) is 34.3 Å². The highest BCUT2D eigenvalue weighted by atomic mass is 32.1. The van der Waals surface area contributed by atoms with Crippen molar-refractivity contribution in [2.24, 2.45) is 7.05 Å². The van der Waals surface area contributed by atoms with Crippen LogP contribution in [-0.2, 0) is 20.1 Å². The minimum Gasteiger partial charge on any atom is -0.348 e. The van der Waals surface area contributed by atoms with Gasteiger partial charge in [0.15, 0.2) is 4.77 Å². The number of nitrogens with zero attached hydrogens (tertiary/aromatic N) is 3. The first kappa shape index (κ1) is 20.7. The Hall–Kier alpha value is -3.52. The van der Waals surface area contributed by atoms with E-state index < -0.39 is 0 Å². The normalized spacial score (nSPS) is 11.1. The Bertz CT molecular complexity index is 1400. The first-order valence-corrected chi connectivity index (χ1v) is 10.3. The Morgan fingerprint density at radius 3 is 2.65 bits per heavy atom. The Kier molecular flexibility index (Phi) is 5.56. The van der Waals surface area contributed by atoms with Crippen molar-refractivity contribution in [3.8, 4) is 0 Å². The van der Waals surface area contributed by atoms with Crippen molar-refractivity contribution in [1.29, 1.82) is 0 Å². The van der Waals surface area contributed by atoms with Crippen molar-refractivity contribution in [2.45, 2.75) is 26.9 Å². The second-order valence-corrected chi connectivity index (χ2v) is 7.92. The van der Waals surface area contributed by atoms with Gasteiger partial charge in [-0.1, -0.05) is 30.3 Å². The summed E-state index contributed by atoms with van der Waals surface area (Å²) < 4.78 is 3.64. The third-order valence-corrected chi connectivity index (χ3v) is 5.87. The summed E-state index contributed by atoms with van der Waals surface area (Å²) in [5.41, 5.74) is 4.89. The summed E-state index contributed by atoms with van der Waals surface area (Å²) in [5.74, 6) is -0.225. The largest absolute Gasteiger partial charge is 0.348 e. The molecule has 2 aromatic heterocycles. The number of carbonyl (C=O) groups excluding carboxylic acids is 1. The lowest BCUT2D eigenvalue weighted by Gasteiger charge is -2.09. The Balaban J connectivity index is 1.53. The summed E-state index contributed by atoms with van der Waals surface area (Å²) in [6, 6.07) is 15.1. The van der Waals surface area contributed by atoms with E-state index in [-0.39, 0.29) is 11.5 Å². The number of aromatic nitrogens is 4. The number of carbonyl (C=O) groups is 1. The van der Waals surface area contributed by atoms with Crippen LogP contribution in [0.15, 0.2) is 53.3 Å². The van der Waals surface area contributed by atoms with Crippen LogP contribution in [0.25, 0.3) is 10.9 Å². The van der Waals surface area contributed by atoms with Gasteiger partial charge in [-0.25, -0.2) is 0 Å². The van der Waals surface area contributed by atoms with Gasteiger partial charge in [0, 0.05) is 30.4 Å². The average molecular weight is 434 g/mol. The zero-order valence-corrected chi connectivity index (χ0v) is 18.4. The van der Waals surface area contributed by atoms with E-state index in [1.165, 1.54) is 10.1 Å². The van der Waals surface area contributed by atoms with Crippen molar-refractivity contribution in [3.63, 3.8) is 0 Å². The summed E-state index contributed by atoms with van der Waals surface area (Å²) in [6.07, 6.45) is 0. The highest BCUT2D eigenvalue weighted by molar-refractivity contribution is 7.71. The van der Waals surface area contributed by atoms with Gasteiger partial charge < -0.3 is 10.3 Å². The van der Waals surface area contributed by atoms with Crippen LogP contribution in [0, 0.1) is 18.6 Å². The van der Waals surface area contributed by atoms with E-state index in [4.69, 9.17) is 12.2 Å². The number of fused-ring (bicyclic) bond motifs is 1. The van der Waals surface area contributed by atoms with Gasteiger partial charge in [-0.05, 0) is 49.8 Å². The molecule has 0 fully saturated rings. The van der Waals surface area contributed by atoms with E-state index in [2.05, 4.69) is 27.5 Å². The molecule has 4 aromatic rings. The molecule has 2 N–H and O–H groups in total. The van der Waals surface area contributed by atoms with Gasteiger partial charge in [-0.15, -0.1) is 0 Å². The number of hydrogen-bond acceptors (Lipinski definition) is 4. The van der Waals surface area contributed by atoms with Gasteiger partial charge in [0.25, 0.3) is 11.5 Å². The maximum atomic E-state index is 12.8. The van der Waals surface area contributed by atoms with Gasteiger partial charge in [0.1, 0.15) is 0 Å². The van der Waals surface area contributed by atoms with Crippen molar-refractivity contribution in [2.75, 3.05) is 0 Å². The molecule has 0 unspecified atom stereocenters. The lowest BCUT2D eigenvalue weighted by atomic mass is 10.1. The molecule has 8 heteroatoms. The predicted octanol–water partition coefficient (Wildman–Crippen LogP) is 3.39. The Morgan fingerprint density at radius 2 is 1.90 bits per heavy atom. The van der Waals surface area contributed by atoms with Crippen LogP contribution in [-0.4, -0.2) is 25.2 Å². The smallest absolute Gasteiger partial charge is 0.261 e. The fourth-order valence-corrected chi connectivity index (χ4v) is 3.81. The van der Waals surface area contributed by atoms with Crippen molar-refractivity contribution < 1.29 is 4.79 Å². The van der Waals surface area contributed by atoms with Crippen LogP contribution in [0.5, 0.6) is 0 Å². The van der Waals surface area contributed by atoms with Crippen LogP contribution in [0.4, 0.5) is 0 Å². The van der Waals surface area contributed by atoms with Gasteiger partial charge >= 0.3 is 0 Å². The third kappa shape index (κ3) is 4.06. The lowest BCUT2D eigenvalue weighted by molar-refractivity contribution is 0.0951. The fraction of sp³-hybridized carbons (Fsp3) is 0.217. The maximum Gasteiger partial charge on any atom is 0.261 e. The van der Waals surface area contributed by atoms with Gasteiger partial charge in [0.2, 0.25) is 0 Å². The first-order chi connectivity index (χ1) is 14.8. The second kappa shape index (κ2) is 8.31. The molecule has 0 aliphatic rings. The molecule has 0 atom stereocenters. The zero-order chi connectivity index (χ0) is 22.1. The molecule has 7 nitrogen and oxygen atoms in total. The number of aryl methyl sites for hydroxylation is 1. The van der Waals surface area contributed by atoms with Crippen LogP contribution >= 0.6 is 12.2 Å². The molecular formula is C23H23N5O2S. The van der Waals surface area contributed by atoms with E-state index in [1.807, 2.05) is 36.7 Å². The molecule has 0 radical (unpaired) electrons. The summed E-state index contributed by atoms with van der Waals surface area (Å²) in [4.78, 5) is 28.1. The van der Waals surface area contributed by atoms with Gasteiger partial charge in [0.05, 0.1) is 23.1 Å². The highest BCUT2D eigenvalue weighted by Crippen LogP contribution is 2.16. The van der Waals surface area contributed by atoms with Crippen LogP contribution in [0.3, 0.4) is 0 Å². The monoisotopic (exact) mass is 433 g/mol. The zero-order valence-electron chi connectivity index (χ0n) is 17.6. The molecule has 0 spiro atoms. The molecule has 0 bridgehead atoms. The molecule has 0 aliphatic carbocycles. The minimum absolute atomic E-state index is 0.192. The van der Waals surface area contributed by atoms with Crippen molar-refractivity contribution >= 4 is 29.0 Å². The van der Waals surface area contributed by atoms with E-state index >= 15 is 0 Å². The summed E-state index contributed by atoms with van der Waals surface area (Å²) >= 11 is 5.17. The van der Waals surface area contributed by atoms with E-state index in [9.17, 15) is 9.59 Å². The summed E-state index contributed by atoms with van der Waals surface area (Å²) in [7, 11) is 1.61. The number of aromatic amines is 1. The number of amides is 1. The number of hydrogen-bond donors (Lipinski definition) is 2. The maximum absolute atomic E-state index is 12.8. The average Bonchev–Trinajstić information content (AvgIpc) is 3.03. The number of benzene rings is 2. The van der Waals surface area contributed by atoms with Crippen molar-refractivity contribution in [3.05, 3.63) is 91.7 Å². The third-order valence-electron chi connectivity index (χ3n) is 5.50. The SMILES string of the molecule is Cc1nn(Cc2ccccc2)c(C)c1CNC(=O)c1ccc2c(=O)n(C)c(=S)[nH]c2c1. The van der Waals surface area contributed by atoms with E-state index in [0.717, 1.165) is 17.0 Å². The van der Waals surface area contributed by atoms with Crippen molar-refractivity contribution in [1.82, 2.24) is 24.6 Å². The molecule has 158 valence electrons. The number of nitrogens with one attached hydrogen (secondary N) is 2. The first-order valence-electron chi connectivity index (χ1n) is 9.93. The molecule has 0 saturated heterocycles. The fourth-order valence-electron chi connectivity index (χ4n) is 3.62. The molecule has 31 heavy (non-hydrogen) atoms. The lowest BCUT2D eigenvalue weighted by Crippen LogP contribution is -2.24. The van der Waals surface area contributed by atoms with Gasteiger partial charge in [-0.2, -0.15) is 5.10 Å². The Labute approximate surface area is 184 Å². The highest BCUT2D eigenvalue weighted by Gasteiger charge is 2.14. The molecule has 1 amide bonds. The molecule has 4 rings (SSSR count). The molecule has 0 aliphatic heterocycles. The number of H-pyrrole nitrogens is 1. The van der Waals surface area contributed by atoms with Gasteiger partial charge in [-0.3, -0.25) is 18.8 Å².